The molecule has 4 nitrogen and oxygen atoms in total. The Labute approximate surface area is 110 Å². The van der Waals surface area contributed by atoms with Crippen molar-refractivity contribution in [2.75, 3.05) is 6.26 Å². The zero-order valence-corrected chi connectivity index (χ0v) is 11.0. The van der Waals surface area contributed by atoms with Gasteiger partial charge in [0.1, 0.15) is 5.25 Å². The minimum atomic E-state index is -3.45. The smallest absolute Gasteiger partial charge is 0.169 e. The molecule has 1 aromatic carbocycles. The molecule has 2 unspecified atom stereocenters. The van der Waals surface area contributed by atoms with Gasteiger partial charge in [-0.3, -0.25) is 0 Å². The molecule has 18 heavy (non-hydrogen) atoms. The zero-order chi connectivity index (χ0) is 13.6. The van der Waals surface area contributed by atoms with Crippen LogP contribution in [0.15, 0.2) is 24.3 Å². The van der Waals surface area contributed by atoms with E-state index >= 15 is 0 Å². The van der Waals surface area contributed by atoms with Crippen LogP contribution in [-0.4, -0.2) is 19.9 Å². The summed E-state index contributed by atoms with van der Waals surface area (Å²) in [7, 11) is -3.45. The lowest BCUT2D eigenvalue weighted by Crippen LogP contribution is -2.11. The molecule has 0 N–H and O–H groups in total. The second-order valence-corrected chi connectivity index (χ2v) is 6.98. The molecule has 6 heteroatoms. The predicted octanol–water partition coefficient (Wildman–Crippen LogP) is 1.88. The lowest BCUT2D eigenvalue weighted by molar-refractivity contribution is 0.597. The van der Waals surface area contributed by atoms with Crippen LogP contribution >= 0.6 is 11.6 Å². The Kier molecular flexibility index (Phi) is 2.85. The van der Waals surface area contributed by atoms with Gasteiger partial charge in [0.2, 0.25) is 0 Å². The number of hydrogen-bond acceptors (Lipinski definition) is 4. The molecule has 0 heterocycles. The lowest BCUT2D eigenvalue weighted by Gasteiger charge is -1.99. The van der Waals surface area contributed by atoms with Crippen LogP contribution in [0.4, 0.5) is 0 Å². The first kappa shape index (κ1) is 12.9. The van der Waals surface area contributed by atoms with Crippen LogP contribution < -0.4 is 0 Å². The van der Waals surface area contributed by atoms with Gasteiger partial charge in [-0.05, 0) is 17.7 Å². The van der Waals surface area contributed by atoms with Gasteiger partial charge >= 0.3 is 0 Å². The first-order valence-electron chi connectivity index (χ1n) is 5.13. The highest BCUT2D eigenvalue weighted by Crippen LogP contribution is 2.62. The Bertz CT molecular complexity index is 654. The Morgan fingerprint density at radius 1 is 1.22 bits per heavy atom. The Balaban J connectivity index is 2.50. The van der Waals surface area contributed by atoms with Gasteiger partial charge in [0.15, 0.2) is 15.3 Å². The fourth-order valence-electron chi connectivity index (χ4n) is 2.34. The molecule has 0 radical (unpaired) electrons. The molecule has 2 rings (SSSR count). The maximum Gasteiger partial charge on any atom is 0.169 e. The summed E-state index contributed by atoms with van der Waals surface area (Å²) in [5.74, 6) is -0.597. The van der Waals surface area contributed by atoms with Crippen molar-refractivity contribution in [2.45, 2.75) is 11.2 Å². The first-order valence-corrected chi connectivity index (χ1v) is 7.47. The van der Waals surface area contributed by atoms with Gasteiger partial charge in [-0.1, -0.05) is 23.7 Å². The van der Waals surface area contributed by atoms with Crippen molar-refractivity contribution in [3.63, 3.8) is 0 Å². The van der Waals surface area contributed by atoms with E-state index in [4.69, 9.17) is 22.1 Å². The molecule has 1 aliphatic rings. The summed E-state index contributed by atoms with van der Waals surface area (Å²) in [5.41, 5.74) is -0.820. The SMILES string of the molecule is CS(=O)(=O)C1C(c2ccc(Cl)cc2)C1(C#N)C#N. The molecule has 1 aromatic rings. The van der Waals surface area contributed by atoms with Crippen molar-refractivity contribution >= 4 is 21.4 Å². The second-order valence-electron chi connectivity index (χ2n) is 4.37. The second kappa shape index (κ2) is 3.98. The number of nitrogens with zero attached hydrogens (tertiary/aromatic N) is 2. The van der Waals surface area contributed by atoms with Crippen LogP contribution in [0.5, 0.6) is 0 Å². The van der Waals surface area contributed by atoms with Gasteiger partial charge in [-0.2, -0.15) is 10.5 Å². The standard InChI is InChI=1S/C12H9ClN2O2S/c1-18(16,17)11-10(12(11,6-14)7-15)8-2-4-9(13)5-3-8/h2-5,10-11H,1H3. The van der Waals surface area contributed by atoms with Gasteiger partial charge < -0.3 is 0 Å². The third kappa shape index (κ3) is 1.77. The third-order valence-electron chi connectivity index (χ3n) is 3.19. The van der Waals surface area contributed by atoms with Crippen LogP contribution in [0.1, 0.15) is 11.5 Å². The average Bonchev–Trinajstić information content (AvgIpc) is 3.00. The molecule has 0 amide bonds. The summed E-state index contributed by atoms with van der Waals surface area (Å²) in [6.07, 6.45) is 1.05. The van der Waals surface area contributed by atoms with E-state index in [0.29, 0.717) is 10.6 Å². The van der Waals surface area contributed by atoms with E-state index in [2.05, 4.69) is 0 Å². The molecule has 1 fully saturated rings. The molecule has 92 valence electrons. The first-order chi connectivity index (χ1) is 8.36. The van der Waals surface area contributed by atoms with Gasteiger partial charge in [0.05, 0.1) is 12.1 Å². The number of sulfone groups is 1. The summed E-state index contributed by atoms with van der Waals surface area (Å²) in [5, 5.41) is 17.8. The summed E-state index contributed by atoms with van der Waals surface area (Å²) >= 11 is 5.75. The van der Waals surface area contributed by atoms with E-state index in [9.17, 15) is 8.42 Å². The molecular formula is C12H9ClN2O2S. The molecular weight excluding hydrogens is 272 g/mol. The summed E-state index contributed by atoms with van der Waals surface area (Å²) < 4.78 is 23.3. The minimum Gasteiger partial charge on any atom is -0.229 e. The highest BCUT2D eigenvalue weighted by molar-refractivity contribution is 7.91. The molecule has 2 atom stereocenters. The fourth-order valence-corrected chi connectivity index (χ4v) is 4.18. The number of halogens is 1. The molecule has 0 saturated heterocycles. The van der Waals surface area contributed by atoms with Crippen LogP contribution in [0.2, 0.25) is 5.02 Å². The van der Waals surface area contributed by atoms with Crippen molar-refractivity contribution in [1.29, 1.82) is 10.5 Å². The van der Waals surface area contributed by atoms with Crippen molar-refractivity contribution in [2.24, 2.45) is 5.41 Å². The average molecular weight is 281 g/mol. The number of benzene rings is 1. The van der Waals surface area contributed by atoms with Crippen molar-refractivity contribution in [1.82, 2.24) is 0 Å². The van der Waals surface area contributed by atoms with Crippen LogP contribution in [-0.2, 0) is 9.84 Å². The largest absolute Gasteiger partial charge is 0.229 e. The number of hydrogen-bond donors (Lipinski definition) is 0. The van der Waals surface area contributed by atoms with Crippen LogP contribution in [0.3, 0.4) is 0 Å². The van der Waals surface area contributed by atoms with Crippen LogP contribution in [0, 0.1) is 28.1 Å². The monoisotopic (exact) mass is 280 g/mol. The summed E-state index contributed by atoms with van der Waals surface area (Å²) in [6.45, 7) is 0. The van der Waals surface area contributed by atoms with Gasteiger partial charge in [-0.25, -0.2) is 8.42 Å². The number of rotatable bonds is 2. The lowest BCUT2D eigenvalue weighted by atomic mass is 10.0. The Hall–Kier alpha value is -1.56. The van der Waals surface area contributed by atoms with E-state index in [1.54, 1.807) is 24.3 Å². The highest BCUT2D eigenvalue weighted by Gasteiger charge is 2.72. The normalized spacial score (nSPS) is 24.9. The minimum absolute atomic E-state index is 0.523. The Morgan fingerprint density at radius 2 is 1.72 bits per heavy atom. The van der Waals surface area contributed by atoms with Gasteiger partial charge in [-0.15, -0.1) is 0 Å². The van der Waals surface area contributed by atoms with E-state index in [0.717, 1.165) is 6.26 Å². The highest BCUT2D eigenvalue weighted by atomic mass is 35.5. The van der Waals surface area contributed by atoms with Gasteiger partial charge in [0.25, 0.3) is 0 Å². The quantitative estimate of drug-likeness (QED) is 0.828. The number of nitriles is 2. The maximum atomic E-state index is 11.6. The molecule has 0 spiro atoms. The van der Waals surface area contributed by atoms with Crippen molar-refractivity contribution < 1.29 is 8.42 Å². The van der Waals surface area contributed by atoms with E-state index in [1.807, 2.05) is 12.1 Å². The third-order valence-corrected chi connectivity index (χ3v) is 5.01. The molecule has 0 bridgehead atoms. The maximum absolute atomic E-state index is 11.6. The zero-order valence-electron chi connectivity index (χ0n) is 9.46. The molecule has 1 aliphatic carbocycles. The van der Waals surface area contributed by atoms with Crippen molar-refractivity contribution in [3.05, 3.63) is 34.9 Å². The predicted molar refractivity (Wildman–Crippen MR) is 66.5 cm³/mol. The summed E-state index contributed by atoms with van der Waals surface area (Å²) in [6, 6.07) is 10.2. The van der Waals surface area contributed by atoms with Crippen LogP contribution in [0.25, 0.3) is 0 Å². The van der Waals surface area contributed by atoms with E-state index in [-0.39, 0.29) is 0 Å². The molecule has 0 aliphatic heterocycles. The Morgan fingerprint density at radius 3 is 2.06 bits per heavy atom. The van der Waals surface area contributed by atoms with E-state index in [1.165, 1.54) is 0 Å². The summed E-state index contributed by atoms with van der Waals surface area (Å²) in [4.78, 5) is 0. The molecule has 1 saturated carbocycles. The fraction of sp³-hybridized carbons (Fsp3) is 0.333. The topological polar surface area (TPSA) is 81.7 Å². The molecule has 0 aromatic heterocycles. The van der Waals surface area contributed by atoms with Gasteiger partial charge in [0, 0.05) is 17.2 Å². The van der Waals surface area contributed by atoms with Crippen molar-refractivity contribution in [3.8, 4) is 12.1 Å². The van der Waals surface area contributed by atoms with E-state index < -0.39 is 26.4 Å².